The third-order valence-electron chi connectivity index (χ3n) is 3.47. The van der Waals surface area contributed by atoms with Crippen molar-refractivity contribution in [3.05, 3.63) is 53.6 Å². The maximum Gasteiger partial charge on any atom is 0.267 e. The molecule has 1 amide bonds. The largest absolute Gasteiger partial charge is 0.493 e. The quantitative estimate of drug-likeness (QED) is 0.610. The molecule has 2 aromatic rings. The molecule has 2 rings (SSSR count). The topological polar surface area (TPSA) is 92.9 Å². The van der Waals surface area contributed by atoms with Crippen LogP contribution >= 0.6 is 0 Å². The van der Waals surface area contributed by atoms with Gasteiger partial charge in [-0.2, -0.15) is 5.26 Å². The minimum Gasteiger partial charge on any atom is -0.493 e. The Balaban J connectivity index is 1.99. The Labute approximate surface area is 151 Å². The third-order valence-corrected chi connectivity index (χ3v) is 3.47. The highest BCUT2D eigenvalue weighted by atomic mass is 16.6. The lowest BCUT2D eigenvalue weighted by molar-refractivity contribution is -0.126. The molecule has 0 radical (unpaired) electrons. The minimum atomic E-state index is -0.825. The molecular formula is C19H19N3O4. The van der Waals surface area contributed by atoms with Crippen molar-refractivity contribution in [2.45, 2.75) is 13.0 Å². The Hall–Kier alpha value is -3.53. The van der Waals surface area contributed by atoms with Crippen molar-refractivity contribution >= 4 is 17.8 Å². The first-order chi connectivity index (χ1) is 12.6. The fourth-order valence-corrected chi connectivity index (χ4v) is 2.15. The first-order valence-corrected chi connectivity index (χ1v) is 7.80. The number of nitrogens with zero attached hydrogens (tertiary/aromatic N) is 2. The van der Waals surface area contributed by atoms with E-state index in [4.69, 9.17) is 19.6 Å². The summed E-state index contributed by atoms with van der Waals surface area (Å²) in [6.45, 7) is 1.57. The number of carbonyl (C=O) groups excluding carboxylic acids is 1. The van der Waals surface area contributed by atoms with Gasteiger partial charge in [0.1, 0.15) is 0 Å². The van der Waals surface area contributed by atoms with Crippen LogP contribution in [0, 0.1) is 11.3 Å². The Morgan fingerprint density at radius 2 is 2.00 bits per heavy atom. The number of para-hydroxylation sites is 1. The molecule has 0 bridgehead atoms. The SMILES string of the molecule is COc1cccc(/C=N\O[C@H](C)C(=O)Nc2cccc(C#N)c2)c1OC. The number of oxime groups is 1. The molecular weight excluding hydrogens is 334 g/mol. The number of rotatable bonds is 7. The van der Waals surface area contributed by atoms with E-state index >= 15 is 0 Å². The number of hydrogen-bond donors (Lipinski definition) is 1. The van der Waals surface area contributed by atoms with Crippen molar-refractivity contribution in [2.24, 2.45) is 5.16 Å². The van der Waals surface area contributed by atoms with Crippen molar-refractivity contribution in [3.63, 3.8) is 0 Å². The molecule has 0 heterocycles. The second-order valence-electron chi connectivity index (χ2n) is 5.25. The number of hydrogen-bond acceptors (Lipinski definition) is 6. The van der Waals surface area contributed by atoms with Gasteiger partial charge in [0.05, 0.1) is 32.1 Å². The van der Waals surface area contributed by atoms with Crippen molar-refractivity contribution < 1.29 is 19.1 Å². The summed E-state index contributed by atoms with van der Waals surface area (Å²) in [4.78, 5) is 17.3. The monoisotopic (exact) mass is 353 g/mol. The molecule has 7 nitrogen and oxygen atoms in total. The van der Waals surface area contributed by atoms with Gasteiger partial charge in [-0.05, 0) is 37.3 Å². The number of nitriles is 1. The molecule has 0 fully saturated rings. The lowest BCUT2D eigenvalue weighted by Gasteiger charge is -2.11. The minimum absolute atomic E-state index is 0.380. The number of benzene rings is 2. The Kier molecular flexibility index (Phi) is 6.57. The van der Waals surface area contributed by atoms with E-state index in [1.807, 2.05) is 6.07 Å². The number of ether oxygens (including phenoxy) is 2. The molecule has 0 spiro atoms. The summed E-state index contributed by atoms with van der Waals surface area (Å²) in [5, 5.41) is 15.4. The zero-order valence-electron chi connectivity index (χ0n) is 14.7. The second kappa shape index (κ2) is 9.08. The summed E-state index contributed by atoms with van der Waals surface area (Å²) >= 11 is 0. The van der Waals surface area contributed by atoms with Gasteiger partial charge in [0, 0.05) is 11.3 Å². The van der Waals surface area contributed by atoms with Gasteiger partial charge in [0.15, 0.2) is 11.5 Å². The Morgan fingerprint density at radius 1 is 1.23 bits per heavy atom. The highest BCUT2D eigenvalue weighted by Gasteiger charge is 2.14. The van der Waals surface area contributed by atoms with Crippen LogP contribution in [0.2, 0.25) is 0 Å². The number of amides is 1. The van der Waals surface area contributed by atoms with Gasteiger partial charge in [0.2, 0.25) is 6.10 Å². The number of methoxy groups -OCH3 is 2. The van der Waals surface area contributed by atoms with Crippen LogP contribution < -0.4 is 14.8 Å². The Bertz CT molecular complexity index is 843. The molecule has 0 aliphatic heterocycles. The molecule has 134 valence electrons. The smallest absolute Gasteiger partial charge is 0.267 e. The molecule has 0 aliphatic carbocycles. The summed E-state index contributed by atoms with van der Waals surface area (Å²) in [6.07, 6.45) is 0.620. The highest BCUT2D eigenvalue weighted by Crippen LogP contribution is 2.29. The van der Waals surface area contributed by atoms with Gasteiger partial charge in [-0.1, -0.05) is 17.3 Å². The van der Waals surface area contributed by atoms with Gasteiger partial charge in [0.25, 0.3) is 5.91 Å². The van der Waals surface area contributed by atoms with Crippen molar-refractivity contribution in [3.8, 4) is 17.6 Å². The van der Waals surface area contributed by atoms with Gasteiger partial charge < -0.3 is 19.6 Å². The average Bonchev–Trinajstić information content (AvgIpc) is 2.67. The predicted molar refractivity (Wildman–Crippen MR) is 97.5 cm³/mol. The van der Waals surface area contributed by atoms with E-state index in [-0.39, 0.29) is 5.91 Å². The van der Waals surface area contributed by atoms with Crippen LogP contribution in [0.5, 0.6) is 11.5 Å². The van der Waals surface area contributed by atoms with Gasteiger partial charge in [-0.3, -0.25) is 4.79 Å². The average molecular weight is 353 g/mol. The lowest BCUT2D eigenvalue weighted by Crippen LogP contribution is -2.26. The van der Waals surface area contributed by atoms with E-state index < -0.39 is 6.10 Å². The van der Waals surface area contributed by atoms with Crippen LogP contribution in [-0.2, 0) is 9.63 Å². The van der Waals surface area contributed by atoms with Crippen LogP contribution in [0.15, 0.2) is 47.6 Å². The standard InChI is InChI=1S/C19H19N3O4/c1-13(19(23)22-16-8-4-6-14(10-16)11-20)26-21-12-15-7-5-9-17(24-2)18(15)25-3/h4-10,12-13H,1-3H3,(H,22,23)/b21-12-/t13-/m1/s1. The predicted octanol–water partition coefficient (Wildman–Crippen LogP) is 2.95. The normalized spacial score (nSPS) is 11.5. The molecule has 26 heavy (non-hydrogen) atoms. The number of nitrogens with one attached hydrogen (secondary N) is 1. The fourth-order valence-electron chi connectivity index (χ4n) is 2.15. The maximum absolute atomic E-state index is 12.1. The molecule has 1 N–H and O–H groups in total. The van der Waals surface area contributed by atoms with Crippen LogP contribution in [-0.4, -0.2) is 32.4 Å². The summed E-state index contributed by atoms with van der Waals surface area (Å²) < 4.78 is 10.5. The molecule has 0 saturated carbocycles. The third kappa shape index (κ3) is 4.74. The van der Waals surface area contributed by atoms with Gasteiger partial charge in [-0.25, -0.2) is 0 Å². The molecule has 0 unspecified atom stereocenters. The van der Waals surface area contributed by atoms with Crippen LogP contribution in [0.25, 0.3) is 0 Å². The van der Waals surface area contributed by atoms with Crippen LogP contribution in [0.3, 0.4) is 0 Å². The van der Waals surface area contributed by atoms with Crippen molar-refractivity contribution in [1.82, 2.24) is 0 Å². The van der Waals surface area contributed by atoms with E-state index in [2.05, 4.69) is 10.5 Å². The van der Waals surface area contributed by atoms with Crippen molar-refractivity contribution in [2.75, 3.05) is 19.5 Å². The van der Waals surface area contributed by atoms with Gasteiger partial charge in [-0.15, -0.1) is 0 Å². The van der Waals surface area contributed by atoms with E-state index in [0.29, 0.717) is 28.3 Å². The summed E-state index contributed by atoms with van der Waals surface area (Å²) in [6, 6.07) is 14.0. The highest BCUT2D eigenvalue weighted by molar-refractivity contribution is 5.94. The van der Waals surface area contributed by atoms with Crippen LogP contribution in [0.1, 0.15) is 18.1 Å². The van der Waals surface area contributed by atoms with Gasteiger partial charge >= 0.3 is 0 Å². The molecule has 0 aliphatic rings. The lowest BCUT2D eigenvalue weighted by atomic mass is 10.2. The van der Waals surface area contributed by atoms with Crippen LogP contribution in [0.4, 0.5) is 5.69 Å². The second-order valence-corrected chi connectivity index (χ2v) is 5.25. The van der Waals surface area contributed by atoms with E-state index in [1.165, 1.54) is 13.3 Å². The Morgan fingerprint density at radius 3 is 2.69 bits per heavy atom. The molecule has 7 heteroatoms. The van der Waals surface area contributed by atoms with E-state index in [1.54, 1.807) is 56.5 Å². The number of carbonyl (C=O) groups is 1. The molecule has 0 aromatic heterocycles. The first kappa shape index (κ1) is 18.8. The summed E-state index contributed by atoms with van der Waals surface area (Å²) in [7, 11) is 3.07. The summed E-state index contributed by atoms with van der Waals surface area (Å²) in [5.41, 5.74) is 1.63. The van der Waals surface area contributed by atoms with E-state index in [9.17, 15) is 4.79 Å². The zero-order valence-corrected chi connectivity index (χ0v) is 14.7. The van der Waals surface area contributed by atoms with E-state index in [0.717, 1.165) is 0 Å². The molecule has 0 saturated heterocycles. The molecule has 2 aromatic carbocycles. The summed E-state index contributed by atoms with van der Waals surface area (Å²) in [5.74, 6) is 0.710. The number of anilines is 1. The first-order valence-electron chi connectivity index (χ1n) is 7.80. The fraction of sp³-hybridized carbons (Fsp3) is 0.211. The maximum atomic E-state index is 12.1. The molecule has 1 atom stereocenters. The zero-order chi connectivity index (χ0) is 18.9. The van der Waals surface area contributed by atoms with Crippen molar-refractivity contribution in [1.29, 1.82) is 5.26 Å².